The Morgan fingerprint density at radius 1 is 1.47 bits per heavy atom. The van der Waals surface area contributed by atoms with E-state index >= 15 is 0 Å². The van der Waals surface area contributed by atoms with E-state index in [0.717, 1.165) is 17.7 Å². The van der Waals surface area contributed by atoms with Crippen molar-refractivity contribution in [2.75, 3.05) is 23.7 Å². The van der Waals surface area contributed by atoms with Gasteiger partial charge in [-0.05, 0) is 36.6 Å². The molecule has 19 heavy (non-hydrogen) atoms. The maximum absolute atomic E-state index is 13.0. The molecule has 1 heterocycles. The van der Waals surface area contributed by atoms with Crippen molar-refractivity contribution in [2.45, 2.75) is 6.42 Å². The molecule has 0 aromatic heterocycles. The summed E-state index contributed by atoms with van der Waals surface area (Å²) in [6, 6.07) is 4.53. The highest BCUT2D eigenvalue weighted by Gasteiger charge is 2.22. The van der Waals surface area contributed by atoms with E-state index in [4.69, 9.17) is 5.73 Å². The van der Waals surface area contributed by atoms with Gasteiger partial charge in [0.2, 0.25) is 9.84 Å². The first kappa shape index (κ1) is 13.8. The summed E-state index contributed by atoms with van der Waals surface area (Å²) >= 11 is 0. The number of sulfone groups is 1. The van der Waals surface area contributed by atoms with E-state index in [9.17, 15) is 17.6 Å². The summed E-state index contributed by atoms with van der Waals surface area (Å²) in [6.07, 6.45) is 2.21. The Morgan fingerprint density at radius 2 is 2.21 bits per heavy atom. The number of hydrogen-bond donors (Lipinski definition) is 1. The van der Waals surface area contributed by atoms with Crippen molar-refractivity contribution in [3.63, 3.8) is 0 Å². The fraction of sp³-hybridized carbons (Fsp3) is 0.333. The number of fused-ring (bicyclic) bond motifs is 1. The van der Waals surface area contributed by atoms with E-state index in [0.29, 0.717) is 13.1 Å². The average molecular weight is 285 g/mol. The summed E-state index contributed by atoms with van der Waals surface area (Å²) in [7, 11) is -3.88. The maximum Gasteiger partial charge on any atom is 0.333 e. The predicted molar refractivity (Wildman–Crippen MR) is 70.0 cm³/mol. The summed E-state index contributed by atoms with van der Waals surface area (Å²) in [4.78, 5) is 12.6. The smallest absolute Gasteiger partial charge is 0.333 e. The SMILES string of the molecule is NC(=O)S(=O)(=O)C[CH]CN1CCc2cc(F)ccc21. The second-order valence-corrected chi connectivity index (χ2v) is 6.32. The topological polar surface area (TPSA) is 80.5 Å². The minimum absolute atomic E-state index is 0.277. The summed E-state index contributed by atoms with van der Waals surface area (Å²) < 4.78 is 35.5. The molecule has 0 fully saturated rings. The monoisotopic (exact) mass is 285 g/mol. The number of anilines is 1. The highest BCUT2D eigenvalue weighted by atomic mass is 32.2. The third kappa shape index (κ3) is 3.04. The molecule has 1 aromatic rings. The first-order chi connectivity index (χ1) is 8.90. The Labute approximate surface area is 111 Å². The lowest BCUT2D eigenvalue weighted by molar-refractivity contribution is 0.265. The zero-order chi connectivity index (χ0) is 14.0. The standard InChI is InChI=1S/C12H14FN2O3S/c13-10-2-3-11-9(8-10)4-6-15(11)5-1-7-19(17,18)12(14)16/h1-3,8H,4-7H2,(H2,14,16). The zero-order valence-corrected chi connectivity index (χ0v) is 11.0. The Bertz CT molecular complexity index is 601. The number of rotatable bonds is 4. The summed E-state index contributed by atoms with van der Waals surface area (Å²) in [6.45, 7) is 1.08. The van der Waals surface area contributed by atoms with Gasteiger partial charge in [-0.2, -0.15) is 0 Å². The van der Waals surface area contributed by atoms with Crippen LogP contribution < -0.4 is 10.6 Å². The van der Waals surface area contributed by atoms with Crippen molar-refractivity contribution < 1.29 is 17.6 Å². The molecule has 1 aliphatic rings. The van der Waals surface area contributed by atoms with Crippen LogP contribution in [0.4, 0.5) is 14.9 Å². The van der Waals surface area contributed by atoms with Crippen molar-refractivity contribution in [2.24, 2.45) is 5.73 Å². The Balaban J connectivity index is 1.95. The second-order valence-electron chi connectivity index (χ2n) is 4.36. The largest absolute Gasteiger partial charge is 0.371 e. The highest BCUT2D eigenvalue weighted by molar-refractivity contribution is 8.06. The van der Waals surface area contributed by atoms with Gasteiger partial charge in [-0.1, -0.05) is 0 Å². The molecule has 0 unspecified atom stereocenters. The van der Waals surface area contributed by atoms with Crippen LogP contribution in [0.25, 0.3) is 0 Å². The number of carbonyl (C=O) groups is 1. The molecule has 1 aromatic carbocycles. The van der Waals surface area contributed by atoms with Crippen LogP contribution in [0, 0.1) is 12.2 Å². The van der Waals surface area contributed by atoms with E-state index in [1.807, 2.05) is 4.90 Å². The lowest BCUT2D eigenvalue weighted by atomic mass is 10.2. The molecule has 0 bridgehead atoms. The van der Waals surface area contributed by atoms with Gasteiger partial charge in [0.15, 0.2) is 0 Å². The van der Waals surface area contributed by atoms with E-state index in [-0.39, 0.29) is 11.6 Å². The van der Waals surface area contributed by atoms with Crippen LogP contribution >= 0.6 is 0 Å². The quantitative estimate of drug-likeness (QED) is 0.890. The molecule has 7 heteroatoms. The average Bonchev–Trinajstić information content (AvgIpc) is 2.71. The molecular formula is C12H14FN2O3S. The molecule has 1 amide bonds. The number of benzene rings is 1. The molecule has 0 saturated carbocycles. The third-order valence-electron chi connectivity index (χ3n) is 3.03. The van der Waals surface area contributed by atoms with Crippen molar-refractivity contribution in [1.82, 2.24) is 0 Å². The van der Waals surface area contributed by atoms with Crippen LogP contribution in [0.1, 0.15) is 5.56 Å². The Kier molecular flexibility index (Phi) is 3.75. The van der Waals surface area contributed by atoms with Crippen LogP contribution in [-0.4, -0.2) is 32.5 Å². The minimum Gasteiger partial charge on any atom is -0.371 e. The molecule has 1 radical (unpaired) electrons. The highest BCUT2D eigenvalue weighted by Crippen LogP contribution is 2.28. The fourth-order valence-electron chi connectivity index (χ4n) is 2.07. The minimum atomic E-state index is -3.88. The molecule has 5 nitrogen and oxygen atoms in total. The van der Waals surface area contributed by atoms with Crippen molar-refractivity contribution in [1.29, 1.82) is 0 Å². The van der Waals surface area contributed by atoms with Crippen LogP contribution in [0.5, 0.6) is 0 Å². The van der Waals surface area contributed by atoms with Crippen molar-refractivity contribution in [3.8, 4) is 0 Å². The molecule has 2 rings (SSSR count). The van der Waals surface area contributed by atoms with Gasteiger partial charge in [0.25, 0.3) is 0 Å². The van der Waals surface area contributed by atoms with Gasteiger partial charge < -0.3 is 10.6 Å². The van der Waals surface area contributed by atoms with E-state index in [1.165, 1.54) is 18.6 Å². The van der Waals surface area contributed by atoms with Gasteiger partial charge in [0.1, 0.15) is 5.82 Å². The number of primary amides is 1. The zero-order valence-electron chi connectivity index (χ0n) is 10.2. The van der Waals surface area contributed by atoms with Gasteiger partial charge in [-0.15, -0.1) is 0 Å². The van der Waals surface area contributed by atoms with E-state index in [2.05, 4.69) is 0 Å². The Morgan fingerprint density at radius 3 is 2.89 bits per heavy atom. The first-order valence-electron chi connectivity index (χ1n) is 5.77. The summed E-state index contributed by atoms with van der Waals surface area (Å²) in [5.41, 5.74) is 6.56. The summed E-state index contributed by atoms with van der Waals surface area (Å²) in [5.74, 6) is -0.657. The third-order valence-corrected chi connectivity index (χ3v) is 4.31. The number of nitrogens with zero attached hydrogens (tertiary/aromatic N) is 1. The first-order valence-corrected chi connectivity index (χ1v) is 7.42. The molecule has 1 aliphatic heterocycles. The molecule has 2 N–H and O–H groups in total. The van der Waals surface area contributed by atoms with E-state index < -0.39 is 15.1 Å². The van der Waals surface area contributed by atoms with Crippen LogP contribution in [0.3, 0.4) is 0 Å². The van der Waals surface area contributed by atoms with Crippen LogP contribution in [0.2, 0.25) is 0 Å². The van der Waals surface area contributed by atoms with E-state index in [1.54, 1.807) is 6.07 Å². The van der Waals surface area contributed by atoms with Gasteiger partial charge >= 0.3 is 5.24 Å². The van der Waals surface area contributed by atoms with Gasteiger partial charge in [-0.3, -0.25) is 4.79 Å². The molecule has 0 saturated heterocycles. The molecule has 0 atom stereocenters. The van der Waals surface area contributed by atoms with Gasteiger partial charge in [0, 0.05) is 18.8 Å². The molecular weight excluding hydrogens is 271 g/mol. The fourth-order valence-corrected chi connectivity index (χ4v) is 2.65. The number of nitrogens with two attached hydrogens (primary N) is 1. The number of carbonyl (C=O) groups excluding carboxylic acids is 1. The predicted octanol–water partition coefficient (Wildman–Crippen LogP) is 0.886. The summed E-state index contributed by atoms with van der Waals surface area (Å²) in [5, 5.41) is -1.31. The lowest BCUT2D eigenvalue weighted by Gasteiger charge is -2.18. The molecule has 0 aliphatic carbocycles. The second kappa shape index (κ2) is 5.16. The van der Waals surface area contributed by atoms with Gasteiger partial charge in [0.05, 0.1) is 5.75 Å². The normalized spacial score (nSPS) is 14.5. The maximum atomic E-state index is 13.0. The number of hydrogen-bond acceptors (Lipinski definition) is 4. The van der Waals surface area contributed by atoms with Crippen LogP contribution in [-0.2, 0) is 16.3 Å². The lowest BCUT2D eigenvalue weighted by Crippen LogP contribution is -2.28. The molecule has 0 spiro atoms. The number of amides is 1. The van der Waals surface area contributed by atoms with Crippen LogP contribution in [0.15, 0.2) is 18.2 Å². The molecule has 103 valence electrons. The van der Waals surface area contributed by atoms with Gasteiger partial charge in [-0.25, -0.2) is 12.8 Å². The van der Waals surface area contributed by atoms with Crippen molar-refractivity contribution in [3.05, 3.63) is 36.0 Å². The Hall–Kier alpha value is -1.63. The van der Waals surface area contributed by atoms with Crippen molar-refractivity contribution >= 4 is 20.8 Å². The number of halogens is 1.